The van der Waals surface area contributed by atoms with Gasteiger partial charge >= 0.3 is 0 Å². The first-order chi connectivity index (χ1) is 9.11. The van der Waals surface area contributed by atoms with E-state index in [1.54, 1.807) is 0 Å². The molecule has 0 saturated heterocycles. The number of hydrogen-bond donors (Lipinski definition) is 1. The van der Waals surface area contributed by atoms with E-state index in [0.717, 1.165) is 18.2 Å². The van der Waals surface area contributed by atoms with E-state index < -0.39 is 0 Å². The smallest absolute Gasteiger partial charge is 0.119 e. The second kappa shape index (κ2) is 6.40. The molecule has 1 aromatic carbocycles. The van der Waals surface area contributed by atoms with Gasteiger partial charge in [-0.25, -0.2) is 0 Å². The van der Waals surface area contributed by atoms with Gasteiger partial charge in [0.1, 0.15) is 5.75 Å². The lowest BCUT2D eigenvalue weighted by Gasteiger charge is -2.27. The van der Waals surface area contributed by atoms with Crippen LogP contribution in [0.5, 0.6) is 5.75 Å². The molecule has 0 radical (unpaired) electrons. The minimum atomic E-state index is 0.0712. The quantitative estimate of drug-likeness (QED) is 0.821. The van der Waals surface area contributed by atoms with Gasteiger partial charge in [0.25, 0.3) is 0 Å². The molecule has 1 fully saturated rings. The predicted molar refractivity (Wildman–Crippen MR) is 79.4 cm³/mol. The maximum absolute atomic E-state index is 6.30. The Labute approximate surface area is 116 Å². The third kappa shape index (κ3) is 3.95. The molecule has 2 unspecified atom stereocenters. The molecule has 0 heterocycles. The molecule has 0 bridgehead atoms. The standard InChI is InChI=1S/C16H26N2O/c1-4-19-15-9-7-14(8-10-15)16(17)11-18(3)12(2)13-5-6-13/h7-10,12-13,16H,4-6,11,17H2,1-3H3. The van der Waals surface area contributed by atoms with Crippen LogP contribution in [0.2, 0.25) is 0 Å². The first-order valence-electron chi connectivity index (χ1n) is 7.30. The van der Waals surface area contributed by atoms with Gasteiger partial charge in [-0.3, -0.25) is 0 Å². The van der Waals surface area contributed by atoms with Crippen molar-refractivity contribution in [2.45, 2.75) is 38.8 Å². The van der Waals surface area contributed by atoms with Crippen molar-refractivity contribution in [2.24, 2.45) is 11.7 Å². The largest absolute Gasteiger partial charge is 0.494 e. The molecule has 0 aliphatic heterocycles. The van der Waals surface area contributed by atoms with Crippen molar-refractivity contribution < 1.29 is 4.74 Å². The third-order valence-corrected chi connectivity index (χ3v) is 4.10. The Hall–Kier alpha value is -1.06. The highest BCUT2D eigenvalue weighted by molar-refractivity contribution is 5.29. The average molecular weight is 262 g/mol. The molecule has 1 aliphatic rings. The molecule has 2 atom stereocenters. The maximum atomic E-state index is 6.30. The first kappa shape index (κ1) is 14.4. The molecule has 3 heteroatoms. The highest BCUT2D eigenvalue weighted by atomic mass is 16.5. The monoisotopic (exact) mass is 262 g/mol. The van der Waals surface area contributed by atoms with E-state index in [1.165, 1.54) is 18.4 Å². The van der Waals surface area contributed by atoms with Crippen LogP contribution in [0.3, 0.4) is 0 Å². The van der Waals surface area contributed by atoms with Gasteiger partial charge in [-0.15, -0.1) is 0 Å². The van der Waals surface area contributed by atoms with Crippen LogP contribution in [0, 0.1) is 5.92 Å². The van der Waals surface area contributed by atoms with Gasteiger partial charge in [-0.05, 0) is 57.4 Å². The van der Waals surface area contributed by atoms with Gasteiger partial charge in [0.05, 0.1) is 6.61 Å². The van der Waals surface area contributed by atoms with Crippen LogP contribution in [0.25, 0.3) is 0 Å². The lowest BCUT2D eigenvalue weighted by atomic mass is 10.1. The molecule has 106 valence electrons. The fraction of sp³-hybridized carbons (Fsp3) is 0.625. The summed E-state index contributed by atoms with van der Waals surface area (Å²) in [6.07, 6.45) is 2.76. The van der Waals surface area contributed by atoms with Gasteiger partial charge in [-0.2, -0.15) is 0 Å². The molecule has 3 nitrogen and oxygen atoms in total. The molecule has 19 heavy (non-hydrogen) atoms. The van der Waals surface area contributed by atoms with Crippen molar-refractivity contribution in [2.75, 3.05) is 20.2 Å². The normalized spacial score (nSPS) is 18.4. The molecule has 0 aromatic heterocycles. The number of hydrogen-bond acceptors (Lipinski definition) is 3. The first-order valence-corrected chi connectivity index (χ1v) is 7.30. The van der Waals surface area contributed by atoms with Crippen molar-refractivity contribution in [1.29, 1.82) is 0 Å². The summed E-state index contributed by atoms with van der Waals surface area (Å²) in [5, 5.41) is 0. The summed E-state index contributed by atoms with van der Waals surface area (Å²) in [4.78, 5) is 2.39. The van der Waals surface area contributed by atoms with Gasteiger partial charge in [0.2, 0.25) is 0 Å². The molecular formula is C16H26N2O. The molecule has 1 aliphatic carbocycles. The second-order valence-electron chi connectivity index (χ2n) is 5.63. The van der Waals surface area contributed by atoms with Crippen LogP contribution >= 0.6 is 0 Å². The summed E-state index contributed by atoms with van der Waals surface area (Å²) in [5.41, 5.74) is 7.47. The highest BCUT2D eigenvalue weighted by Gasteiger charge is 2.30. The number of nitrogens with zero attached hydrogens (tertiary/aromatic N) is 1. The summed E-state index contributed by atoms with van der Waals surface area (Å²) >= 11 is 0. The zero-order valence-corrected chi connectivity index (χ0v) is 12.3. The zero-order chi connectivity index (χ0) is 13.8. The van der Waals surface area contributed by atoms with Crippen LogP contribution < -0.4 is 10.5 Å². The summed E-state index contributed by atoms with van der Waals surface area (Å²) in [5.74, 6) is 1.80. The molecule has 1 saturated carbocycles. The predicted octanol–water partition coefficient (Wildman–Crippen LogP) is 2.82. The third-order valence-electron chi connectivity index (χ3n) is 4.10. The Morgan fingerprint density at radius 1 is 1.32 bits per heavy atom. The number of benzene rings is 1. The van der Waals surface area contributed by atoms with Crippen molar-refractivity contribution in [3.63, 3.8) is 0 Å². The van der Waals surface area contributed by atoms with Crippen LogP contribution in [0.4, 0.5) is 0 Å². The molecule has 2 N–H and O–H groups in total. The van der Waals surface area contributed by atoms with E-state index in [9.17, 15) is 0 Å². The summed E-state index contributed by atoms with van der Waals surface area (Å²) < 4.78 is 5.45. The van der Waals surface area contributed by atoms with Gasteiger partial charge in [0.15, 0.2) is 0 Å². The fourth-order valence-corrected chi connectivity index (χ4v) is 2.50. The van der Waals surface area contributed by atoms with E-state index in [0.29, 0.717) is 12.6 Å². The second-order valence-corrected chi connectivity index (χ2v) is 5.63. The van der Waals surface area contributed by atoms with Crippen LogP contribution in [-0.4, -0.2) is 31.1 Å². The fourth-order valence-electron chi connectivity index (χ4n) is 2.50. The zero-order valence-electron chi connectivity index (χ0n) is 12.3. The van der Waals surface area contributed by atoms with E-state index in [1.807, 2.05) is 19.1 Å². The number of likely N-dealkylation sites (N-methyl/N-ethyl adjacent to an activating group) is 1. The number of ether oxygens (including phenoxy) is 1. The summed E-state index contributed by atoms with van der Waals surface area (Å²) in [7, 11) is 2.18. The van der Waals surface area contributed by atoms with Crippen molar-refractivity contribution in [3.8, 4) is 5.75 Å². The van der Waals surface area contributed by atoms with Gasteiger partial charge in [0, 0.05) is 18.6 Å². The molecular weight excluding hydrogens is 236 g/mol. The van der Waals surface area contributed by atoms with Crippen molar-refractivity contribution >= 4 is 0 Å². The summed E-state index contributed by atoms with van der Waals surface area (Å²) in [6, 6.07) is 8.87. The van der Waals surface area contributed by atoms with Crippen LogP contribution in [-0.2, 0) is 0 Å². The Morgan fingerprint density at radius 2 is 1.95 bits per heavy atom. The molecule has 1 aromatic rings. The number of nitrogens with two attached hydrogens (primary N) is 1. The Morgan fingerprint density at radius 3 is 2.47 bits per heavy atom. The SMILES string of the molecule is CCOc1ccc(C(N)CN(C)C(C)C2CC2)cc1. The molecule has 2 rings (SSSR count). The summed E-state index contributed by atoms with van der Waals surface area (Å²) in [6.45, 7) is 5.91. The van der Waals surface area contributed by atoms with E-state index in [-0.39, 0.29) is 6.04 Å². The van der Waals surface area contributed by atoms with Gasteiger partial charge in [-0.1, -0.05) is 12.1 Å². The van der Waals surface area contributed by atoms with E-state index in [2.05, 4.69) is 31.0 Å². The Bertz CT molecular complexity index is 386. The van der Waals surface area contributed by atoms with Crippen molar-refractivity contribution in [3.05, 3.63) is 29.8 Å². The lowest BCUT2D eigenvalue weighted by molar-refractivity contribution is 0.221. The van der Waals surface area contributed by atoms with Crippen LogP contribution in [0.1, 0.15) is 38.3 Å². The van der Waals surface area contributed by atoms with Crippen molar-refractivity contribution in [1.82, 2.24) is 4.90 Å². The molecule has 0 amide bonds. The molecule has 0 spiro atoms. The van der Waals surface area contributed by atoms with E-state index in [4.69, 9.17) is 10.5 Å². The lowest BCUT2D eigenvalue weighted by Crippen LogP contribution is -2.36. The maximum Gasteiger partial charge on any atom is 0.119 e. The average Bonchev–Trinajstić information content (AvgIpc) is 3.23. The number of rotatable bonds is 7. The van der Waals surface area contributed by atoms with Gasteiger partial charge < -0.3 is 15.4 Å². The van der Waals surface area contributed by atoms with Crippen LogP contribution in [0.15, 0.2) is 24.3 Å². The Kier molecular flexibility index (Phi) is 4.83. The highest BCUT2D eigenvalue weighted by Crippen LogP contribution is 2.35. The Balaban J connectivity index is 1.89. The van der Waals surface area contributed by atoms with E-state index >= 15 is 0 Å². The minimum Gasteiger partial charge on any atom is -0.494 e. The topological polar surface area (TPSA) is 38.5 Å². The minimum absolute atomic E-state index is 0.0712.